The van der Waals surface area contributed by atoms with Gasteiger partial charge in [0, 0.05) is 18.8 Å². The van der Waals surface area contributed by atoms with Gasteiger partial charge in [0.2, 0.25) is 0 Å². The number of fused-ring (bicyclic) bond motifs is 3. The van der Waals surface area contributed by atoms with E-state index in [1.54, 1.807) is 11.3 Å². The molecule has 1 atom stereocenters. The van der Waals surface area contributed by atoms with Gasteiger partial charge in [0.05, 0.1) is 29.4 Å². The van der Waals surface area contributed by atoms with E-state index in [-0.39, 0.29) is 5.60 Å². The molecule has 2 aromatic rings. The quantitative estimate of drug-likeness (QED) is 0.797. The molecule has 3 saturated heterocycles. The van der Waals surface area contributed by atoms with Crippen molar-refractivity contribution in [3.63, 3.8) is 0 Å². The number of nitrogens with one attached hydrogen (secondary N) is 1. The molecule has 6 rings (SSSR count). The summed E-state index contributed by atoms with van der Waals surface area (Å²) < 4.78 is 7.97. The lowest BCUT2D eigenvalue weighted by molar-refractivity contribution is -0.845. The zero-order valence-corrected chi connectivity index (χ0v) is 14.7. The summed E-state index contributed by atoms with van der Waals surface area (Å²) in [6.07, 6.45) is 2.24. The molecule has 5 nitrogen and oxygen atoms in total. The molecule has 24 heavy (non-hydrogen) atoms. The Morgan fingerprint density at radius 2 is 2.21 bits per heavy atom. The predicted molar refractivity (Wildman–Crippen MR) is 97.7 cm³/mol. The van der Waals surface area contributed by atoms with Crippen LogP contribution in [0.15, 0.2) is 23.2 Å². The third kappa shape index (κ3) is 2.25. The maximum atomic E-state index is 6.48. The van der Waals surface area contributed by atoms with Gasteiger partial charge in [0.1, 0.15) is 12.1 Å². The van der Waals surface area contributed by atoms with E-state index in [9.17, 15) is 0 Å². The van der Waals surface area contributed by atoms with Crippen molar-refractivity contribution in [2.45, 2.75) is 18.4 Å². The molecule has 4 aliphatic rings. The number of hydrogen-bond donors (Lipinski definition) is 1. The van der Waals surface area contributed by atoms with E-state index in [4.69, 9.17) is 24.3 Å². The molecule has 2 bridgehead atoms. The molecular weight excluding hydrogens is 343 g/mol. The predicted octanol–water partition coefficient (Wildman–Crippen LogP) is 2.81. The Morgan fingerprint density at radius 3 is 2.96 bits per heavy atom. The zero-order valence-electron chi connectivity index (χ0n) is 13.2. The summed E-state index contributed by atoms with van der Waals surface area (Å²) in [4.78, 5) is 9.16. The van der Waals surface area contributed by atoms with Crippen LogP contribution < -0.4 is 5.32 Å². The number of ether oxygens (including phenoxy) is 1. The van der Waals surface area contributed by atoms with Crippen molar-refractivity contribution in [2.24, 2.45) is 10.9 Å². The summed E-state index contributed by atoms with van der Waals surface area (Å²) in [7, 11) is 6.48. The molecule has 1 aromatic heterocycles. The van der Waals surface area contributed by atoms with Crippen LogP contribution in [0.5, 0.6) is 0 Å². The summed E-state index contributed by atoms with van der Waals surface area (Å²) in [6, 6.07) is 6.36. The first kappa shape index (κ1) is 15.0. The molecule has 0 aliphatic carbocycles. The van der Waals surface area contributed by atoms with Crippen LogP contribution in [0.1, 0.15) is 12.8 Å². The molecule has 2 radical (unpaired) electrons. The van der Waals surface area contributed by atoms with Gasteiger partial charge in [-0.25, -0.2) is 9.98 Å². The van der Waals surface area contributed by atoms with Crippen molar-refractivity contribution >= 4 is 52.3 Å². The third-order valence-electron chi connectivity index (χ3n) is 5.55. The molecule has 0 amide bonds. The van der Waals surface area contributed by atoms with Gasteiger partial charge in [-0.3, -0.25) is 5.32 Å². The van der Waals surface area contributed by atoms with Crippen LogP contribution in [-0.2, 0) is 4.74 Å². The van der Waals surface area contributed by atoms with Crippen LogP contribution in [0, 0.1) is 5.92 Å². The van der Waals surface area contributed by atoms with E-state index in [0.717, 1.165) is 47.8 Å². The Bertz CT molecular complexity index is 848. The summed E-state index contributed by atoms with van der Waals surface area (Å²) in [5, 5.41) is 4.65. The van der Waals surface area contributed by atoms with Crippen LogP contribution in [0.4, 0.5) is 5.13 Å². The highest BCUT2D eigenvalue weighted by Gasteiger charge is 2.57. The summed E-state index contributed by atoms with van der Waals surface area (Å²) in [5.74, 6) is 0.550. The highest BCUT2D eigenvalue weighted by Crippen LogP contribution is 2.43. The lowest BCUT2D eigenvalue weighted by atomic mass is 9.72. The van der Waals surface area contributed by atoms with E-state index in [2.05, 4.69) is 15.3 Å². The van der Waals surface area contributed by atoms with Crippen LogP contribution >= 0.6 is 22.9 Å². The molecule has 4 aliphatic heterocycles. The minimum atomic E-state index is -0.234. The number of para-hydroxylation sites is 1. The second-order valence-corrected chi connectivity index (χ2v) is 8.55. The lowest BCUT2D eigenvalue weighted by Gasteiger charge is -2.55. The van der Waals surface area contributed by atoms with Crippen LogP contribution in [0.2, 0.25) is 5.02 Å². The maximum absolute atomic E-state index is 6.48. The van der Waals surface area contributed by atoms with Crippen molar-refractivity contribution in [3.8, 4) is 0 Å². The highest BCUT2D eigenvalue weighted by atomic mass is 35.5. The molecule has 0 saturated carbocycles. The molecule has 1 N–H and O–H groups in total. The number of aromatic nitrogens is 1. The van der Waals surface area contributed by atoms with Gasteiger partial charge in [-0.05, 0) is 12.1 Å². The number of quaternary nitrogens is 1. The number of amidine groups is 1. The average Bonchev–Trinajstić information content (AvgIpc) is 3.13. The largest absolute Gasteiger partial charge is 0.481 e. The fraction of sp³-hybridized carbons (Fsp3) is 0.500. The fourth-order valence-electron chi connectivity index (χ4n) is 4.31. The summed E-state index contributed by atoms with van der Waals surface area (Å²) in [6.45, 7) is 3.63. The molecule has 3 fully saturated rings. The highest BCUT2D eigenvalue weighted by molar-refractivity contribution is 7.22. The number of thiazole rings is 1. The van der Waals surface area contributed by atoms with Crippen molar-refractivity contribution in [2.75, 3.05) is 31.5 Å². The van der Waals surface area contributed by atoms with Gasteiger partial charge < -0.3 is 9.13 Å². The first-order valence-electron chi connectivity index (χ1n) is 8.26. The van der Waals surface area contributed by atoms with E-state index in [1.165, 1.54) is 0 Å². The van der Waals surface area contributed by atoms with Crippen molar-refractivity contribution in [1.29, 1.82) is 0 Å². The molecule has 1 spiro atoms. The van der Waals surface area contributed by atoms with Gasteiger partial charge in [0.15, 0.2) is 10.7 Å². The van der Waals surface area contributed by atoms with E-state index < -0.39 is 0 Å². The monoisotopic (exact) mass is 359 g/mol. The van der Waals surface area contributed by atoms with Gasteiger partial charge in [-0.2, -0.15) is 0 Å². The van der Waals surface area contributed by atoms with Crippen molar-refractivity contribution < 1.29 is 9.13 Å². The Kier molecular flexibility index (Phi) is 3.18. The number of piperidine rings is 3. The SMILES string of the molecule is [B][N+]12CCC(CC1)C1(CN=C(Nc3nc4c(Cl)cccc4s3)O1)C2. The summed E-state index contributed by atoms with van der Waals surface area (Å²) >= 11 is 7.75. The smallest absolute Gasteiger partial charge is 0.450 e. The zero-order chi connectivity index (χ0) is 16.4. The molecule has 8 heteroatoms. The van der Waals surface area contributed by atoms with E-state index in [0.29, 0.717) is 27.9 Å². The van der Waals surface area contributed by atoms with Gasteiger partial charge in [-0.15, -0.1) is 0 Å². The Labute approximate surface area is 150 Å². The number of halogens is 1. The second-order valence-electron chi connectivity index (χ2n) is 7.12. The average molecular weight is 360 g/mol. The molecule has 1 unspecified atom stereocenters. The van der Waals surface area contributed by atoms with E-state index >= 15 is 0 Å². The molecule has 122 valence electrons. The topological polar surface area (TPSA) is 46.5 Å². The lowest BCUT2D eigenvalue weighted by Crippen LogP contribution is -2.69. The number of benzene rings is 1. The standard InChI is InChI=1S/C16H17BClN4OS/c17-22-6-4-10(5-7-22)16(9-22)8-19-14(23-16)21-15-20-13-11(18)2-1-3-12(13)24-15/h1-3,10H,4-9H2,(H,19,20,21)/q+1. The van der Waals surface area contributed by atoms with Gasteiger partial charge >= 0.3 is 7.98 Å². The van der Waals surface area contributed by atoms with Gasteiger partial charge in [0.25, 0.3) is 6.02 Å². The number of aliphatic imine (C=N–C) groups is 1. The third-order valence-corrected chi connectivity index (χ3v) is 6.79. The summed E-state index contributed by atoms with van der Waals surface area (Å²) in [5.41, 5.74) is 0.580. The van der Waals surface area contributed by atoms with Gasteiger partial charge in [-0.1, -0.05) is 29.0 Å². The number of anilines is 1. The van der Waals surface area contributed by atoms with Crippen LogP contribution in [-0.4, -0.2) is 55.2 Å². The van der Waals surface area contributed by atoms with Crippen molar-refractivity contribution in [1.82, 2.24) is 4.98 Å². The fourth-order valence-corrected chi connectivity index (χ4v) is 5.47. The Hall–Kier alpha value is -1.31. The molecule has 1 aromatic carbocycles. The minimum absolute atomic E-state index is 0.234. The second kappa shape index (κ2) is 5.10. The minimum Gasteiger partial charge on any atom is -0.450 e. The normalized spacial score (nSPS) is 34.5. The Morgan fingerprint density at radius 1 is 1.38 bits per heavy atom. The first-order chi connectivity index (χ1) is 11.6. The number of rotatable bonds is 1. The molecule has 5 heterocycles. The maximum Gasteiger partial charge on any atom is 0.481 e. The first-order valence-corrected chi connectivity index (χ1v) is 9.45. The van der Waals surface area contributed by atoms with Crippen molar-refractivity contribution in [3.05, 3.63) is 23.2 Å². The Balaban J connectivity index is 1.36. The number of nitrogens with zero attached hydrogens (tertiary/aromatic N) is 3. The van der Waals surface area contributed by atoms with Crippen LogP contribution in [0.3, 0.4) is 0 Å². The molecular formula is C16H17BClN4OS+. The van der Waals surface area contributed by atoms with Crippen LogP contribution in [0.25, 0.3) is 10.2 Å². The number of hydrogen-bond acceptors (Lipinski definition) is 5. The van der Waals surface area contributed by atoms with E-state index in [1.807, 2.05) is 18.2 Å².